The van der Waals surface area contributed by atoms with Crippen LogP contribution in [0.3, 0.4) is 0 Å². The summed E-state index contributed by atoms with van der Waals surface area (Å²) in [6.45, 7) is -0.126. The first-order valence-electron chi connectivity index (χ1n) is 9.84. The Morgan fingerprint density at radius 1 is 1.03 bits per heavy atom. The van der Waals surface area contributed by atoms with Crippen molar-refractivity contribution in [1.82, 2.24) is 5.32 Å². The quantitative estimate of drug-likeness (QED) is 0.250. The number of carbonyl (C=O) groups is 3. The van der Waals surface area contributed by atoms with Crippen LogP contribution in [0, 0.1) is 5.41 Å². The summed E-state index contributed by atoms with van der Waals surface area (Å²) >= 11 is 0. The third kappa shape index (κ3) is 7.94. The normalized spacial score (nSPS) is 10.6. The molecule has 0 aliphatic heterocycles. The highest BCUT2D eigenvalue weighted by molar-refractivity contribution is 5.98. The van der Waals surface area contributed by atoms with E-state index < -0.39 is 18.5 Å². The zero-order chi connectivity index (χ0) is 23.5. The number of amides is 1. The molecule has 0 aliphatic rings. The van der Waals surface area contributed by atoms with Crippen molar-refractivity contribution in [2.24, 2.45) is 5.73 Å². The lowest BCUT2D eigenvalue weighted by atomic mass is 10.1. The monoisotopic (exact) mass is 439 g/mol. The van der Waals surface area contributed by atoms with Crippen LogP contribution >= 0.6 is 0 Å². The van der Waals surface area contributed by atoms with E-state index in [2.05, 4.69) is 5.32 Å². The van der Waals surface area contributed by atoms with Crippen molar-refractivity contribution in [2.45, 2.75) is 19.3 Å². The molecule has 0 atom stereocenters. The van der Waals surface area contributed by atoms with Gasteiger partial charge in [0.05, 0.1) is 0 Å². The Morgan fingerprint density at radius 2 is 1.72 bits per heavy atom. The van der Waals surface area contributed by atoms with Crippen molar-refractivity contribution in [3.8, 4) is 5.75 Å². The molecule has 9 nitrogen and oxygen atoms in total. The molecule has 168 valence electrons. The predicted molar refractivity (Wildman–Crippen MR) is 119 cm³/mol. The van der Waals surface area contributed by atoms with Crippen LogP contribution in [0.2, 0.25) is 0 Å². The average Bonchev–Trinajstić information content (AvgIpc) is 2.75. The van der Waals surface area contributed by atoms with Crippen LogP contribution in [0.25, 0.3) is 6.08 Å². The number of aliphatic carboxylic acids is 2. The van der Waals surface area contributed by atoms with E-state index in [1.54, 1.807) is 48.6 Å². The van der Waals surface area contributed by atoms with E-state index in [0.717, 1.165) is 5.56 Å². The minimum Gasteiger partial charge on any atom is -0.481 e. The summed E-state index contributed by atoms with van der Waals surface area (Å²) < 4.78 is 5.30. The Balaban J connectivity index is 2.01. The molecule has 0 spiro atoms. The fraction of sp³-hybridized carbons (Fsp3) is 0.217. The molecule has 2 aromatic rings. The minimum absolute atomic E-state index is 0.0130. The number of amidine groups is 1. The maximum Gasteiger partial charge on any atom is 0.341 e. The van der Waals surface area contributed by atoms with E-state index in [4.69, 9.17) is 26.1 Å². The van der Waals surface area contributed by atoms with E-state index in [1.165, 1.54) is 0 Å². The van der Waals surface area contributed by atoms with Crippen molar-refractivity contribution in [3.05, 3.63) is 70.8 Å². The van der Waals surface area contributed by atoms with Gasteiger partial charge in [-0.05, 0) is 42.7 Å². The van der Waals surface area contributed by atoms with Gasteiger partial charge in [0.15, 0.2) is 6.61 Å². The summed E-state index contributed by atoms with van der Waals surface area (Å²) in [7, 11) is 0. The molecule has 0 radical (unpaired) electrons. The molecule has 0 fully saturated rings. The van der Waals surface area contributed by atoms with Crippen LogP contribution < -0.4 is 15.8 Å². The second kappa shape index (κ2) is 11.9. The molecule has 0 unspecified atom stereocenters. The number of hydrogen-bond acceptors (Lipinski definition) is 5. The molecule has 0 saturated heterocycles. The van der Waals surface area contributed by atoms with Gasteiger partial charge in [0.1, 0.15) is 11.6 Å². The molecule has 0 heterocycles. The number of ether oxygens (including phenoxy) is 1. The summed E-state index contributed by atoms with van der Waals surface area (Å²) in [5.74, 6) is -1.96. The Kier molecular flexibility index (Phi) is 8.97. The minimum atomic E-state index is -1.10. The standard InChI is InChI=1S/C23H25N3O6/c24-22(25)16-6-8-17(9-7-16)23(31)26-12-11-15-5-10-19(32-14-21(29)30)18(13-15)3-1-2-4-20(27)28/h1,3,5-10,13H,2,4,11-12,14H2,(H3,24,25)(H,26,31)(H,27,28)(H,29,30)/b3-1+. The van der Waals surface area contributed by atoms with E-state index in [-0.39, 0.29) is 18.2 Å². The number of carbonyl (C=O) groups excluding carboxylic acids is 1. The molecule has 32 heavy (non-hydrogen) atoms. The third-order valence-corrected chi connectivity index (χ3v) is 4.40. The van der Waals surface area contributed by atoms with Gasteiger partial charge in [0, 0.05) is 29.7 Å². The Labute approximate surface area is 185 Å². The number of benzene rings is 2. The third-order valence-electron chi connectivity index (χ3n) is 4.40. The molecule has 9 heteroatoms. The Morgan fingerprint density at radius 3 is 2.34 bits per heavy atom. The average molecular weight is 439 g/mol. The lowest BCUT2D eigenvalue weighted by Crippen LogP contribution is -2.25. The van der Waals surface area contributed by atoms with E-state index in [9.17, 15) is 14.4 Å². The number of nitrogens with one attached hydrogen (secondary N) is 2. The molecule has 0 saturated carbocycles. The van der Waals surface area contributed by atoms with Crippen LogP contribution in [-0.4, -0.2) is 47.0 Å². The zero-order valence-corrected chi connectivity index (χ0v) is 17.3. The molecule has 0 aliphatic carbocycles. The fourth-order valence-corrected chi connectivity index (χ4v) is 2.80. The summed E-state index contributed by atoms with van der Waals surface area (Å²) in [4.78, 5) is 33.7. The van der Waals surface area contributed by atoms with Crippen molar-refractivity contribution in [3.63, 3.8) is 0 Å². The number of hydrogen-bond donors (Lipinski definition) is 5. The first-order valence-corrected chi connectivity index (χ1v) is 9.84. The van der Waals surface area contributed by atoms with Crippen LogP contribution in [0.1, 0.15) is 39.9 Å². The van der Waals surface area contributed by atoms with Gasteiger partial charge in [-0.15, -0.1) is 0 Å². The predicted octanol–water partition coefficient (Wildman–Crippen LogP) is 2.28. The van der Waals surface area contributed by atoms with Crippen molar-refractivity contribution in [1.29, 1.82) is 5.41 Å². The second-order valence-electron chi connectivity index (χ2n) is 6.89. The zero-order valence-electron chi connectivity index (χ0n) is 17.3. The van der Waals surface area contributed by atoms with Gasteiger partial charge < -0.3 is 26.0 Å². The van der Waals surface area contributed by atoms with E-state index in [1.807, 2.05) is 6.07 Å². The smallest absolute Gasteiger partial charge is 0.341 e. The van der Waals surface area contributed by atoms with Crippen LogP contribution in [0.5, 0.6) is 5.75 Å². The van der Waals surface area contributed by atoms with Gasteiger partial charge in [-0.3, -0.25) is 15.0 Å². The summed E-state index contributed by atoms with van der Waals surface area (Å²) in [5.41, 5.74) is 7.91. The van der Waals surface area contributed by atoms with Gasteiger partial charge in [-0.2, -0.15) is 0 Å². The number of nitrogen functional groups attached to an aromatic ring is 1. The highest BCUT2D eigenvalue weighted by Gasteiger charge is 2.08. The molecule has 0 aromatic heterocycles. The van der Waals surface area contributed by atoms with Gasteiger partial charge in [-0.25, -0.2) is 4.79 Å². The first kappa shape index (κ1) is 24.1. The van der Waals surface area contributed by atoms with Crippen LogP contribution in [0.15, 0.2) is 48.5 Å². The molecule has 6 N–H and O–H groups in total. The van der Waals surface area contributed by atoms with Crippen molar-refractivity contribution < 1.29 is 29.3 Å². The van der Waals surface area contributed by atoms with Crippen molar-refractivity contribution >= 4 is 29.8 Å². The molecule has 0 bridgehead atoms. The van der Waals surface area contributed by atoms with Crippen LogP contribution in [-0.2, 0) is 16.0 Å². The Hall–Kier alpha value is -4.14. The number of allylic oxidation sites excluding steroid dienone is 1. The van der Waals surface area contributed by atoms with E-state index in [0.29, 0.717) is 41.8 Å². The topological polar surface area (TPSA) is 163 Å². The Bertz CT molecular complexity index is 1010. The largest absolute Gasteiger partial charge is 0.481 e. The summed E-state index contributed by atoms with van der Waals surface area (Å²) in [5, 5.41) is 27.8. The second-order valence-corrected chi connectivity index (χ2v) is 6.89. The lowest BCUT2D eigenvalue weighted by Gasteiger charge is -2.11. The fourth-order valence-electron chi connectivity index (χ4n) is 2.80. The molecule has 2 aromatic carbocycles. The number of carboxylic acids is 2. The highest BCUT2D eigenvalue weighted by Crippen LogP contribution is 2.22. The van der Waals surface area contributed by atoms with Crippen LogP contribution in [0.4, 0.5) is 0 Å². The van der Waals surface area contributed by atoms with Gasteiger partial charge in [0.25, 0.3) is 5.91 Å². The SMILES string of the molecule is N=C(N)c1ccc(C(=O)NCCc2ccc(OCC(=O)O)c(/C=C/CCC(=O)O)c2)cc1. The van der Waals surface area contributed by atoms with Crippen molar-refractivity contribution in [2.75, 3.05) is 13.2 Å². The molecule has 2 rings (SSSR count). The van der Waals surface area contributed by atoms with Gasteiger partial charge >= 0.3 is 11.9 Å². The van der Waals surface area contributed by atoms with Gasteiger partial charge in [-0.1, -0.05) is 30.4 Å². The molecular formula is C23H25N3O6. The molecular weight excluding hydrogens is 414 g/mol. The van der Waals surface area contributed by atoms with E-state index >= 15 is 0 Å². The summed E-state index contributed by atoms with van der Waals surface area (Å²) in [6, 6.07) is 11.6. The molecule has 1 amide bonds. The highest BCUT2D eigenvalue weighted by atomic mass is 16.5. The maximum atomic E-state index is 12.3. The first-order chi connectivity index (χ1) is 15.3. The maximum absolute atomic E-state index is 12.3. The number of nitrogens with two attached hydrogens (primary N) is 1. The van der Waals surface area contributed by atoms with Gasteiger partial charge in [0.2, 0.25) is 0 Å². The lowest BCUT2D eigenvalue weighted by molar-refractivity contribution is -0.139. The summed E-state index contributed by atoms with van der Waals surface area (Å²) in [6.07, 6.45) is 4.22. The number of rotatable bonds is 12. The number of carboxylic acid groups (broad SMARTS) is 2.